The average Bonchev–Trinajstić information content (AvgIpc) is 3.22. The van der Waals surface area contributed by atoms with Gasteiger partial charge in [0.1, 0.15) is 0 Å². The molecule has 5 rings (SSSR count). The van der Waals surface area contributed by atoms with Crippen molar-refractivity contribution in [2.75, 3.05) is 9.80 Å². The fourth-order valence-corrected chi connectivity index (χ4v) is 4.58. The van der Waals surface area contributed by atoms with Crippen LogP contribution in [0.4, 0.5) is 11.4 Å². The molecule has 6 nitrogen and oxygen atoms in total. The number of carbonyl (C=O) groups excluding carboxylic acids is 4. The van der Waals surface area contributed by atoms with Crippen LogP contribution in [-0.4, -0.2) is 23.6 Å². The SMILES string of the molecule is Cc1ccc(N2C(=O)c3cc([C@@H]4CC(=O)N(c5ccc(C)cc5)C4=O)cc(C)c3C2=O)cc1. The van der Waals surface area contributed by atoms with Gasteiger partial charge in [0.15, 0.2) is 0 Å². The van der Waals surface area contributed by atoms with Crippen molar-refractivity contribution < 1.29 is 19.2 Å². The molecule has 0 spiro atoms. The molecule has 3 aromatic carbocycles. The van der Waals surface area contributed by atoms with Gasteiger partial charge in [-0.1, -0.05) is 41.5 Å². The standard InChI is InChI=1S/C27H22N2O4/c1-15-4-8-19(9-5-15)28-23(30)14-21(25(28)31)18-12-17(3)24-22(13-18)26(32)29(27(24)33)20-10-6-16(2)7-11-20/h4-13,21H,14H2,1-3H3/t21-/m0/s1. The lowest BCUT2D eigenvalue weighted by molar-refractivity contribution is -0.121. The quantitative estimate of drug-likeness (QED) is 0.566. The Bertz CT molecular complexity index is 1340. The Morgan fingerprint density at radius 1 is 0.697 bits per heavy atom. The van der Waals surface area contributed by atoms with Gasteiger partial charge in [-0.05, 0) is 62.2 Å². The minimum absolute atomic E-state index is 0.0226. The zero-order valence-electron chi connectivity index (χ0n) is 18.6. The van der Waals surface area contributed by atoms with E-state index >= 15 is 0 Å². The summed E-state index contributed by atoms with van der Waals surface area (Å²) in [6.07, 6.45) is 0.0226. The number of imide groups is 2. The summed E-state index contributed by atoms with van der Waals surface area (Å²) >= 11 is 0. The molecule has 0 saturated carbocycles. The summed E-state index contributed by atoms with van der Waals surface area (Å²) in [5, 5.41) is 0. The Balaban J connectivity index is 1.51. The highest BCUT2D eigenvalue weighted by molar-refractivity contribution is 6.35. The van der Waals surface area contributed by atoms with Crippen LogP contribution in [0.5, 0.6) is 0 Å². The number of hydrogen-bond acceptors (Lipinski definition) is 4. The largest absolute Gasteiger partial charge is 0.274 e. The zero-order valence-corrected chi connectivity index (χ0v) is 18.6. The molecule has 0 radical (unpaired) electrons. The number of amides is 4. The van der Waals surface area contributed by atoms with Crippen molar-refractivity contribution in [3.05, 3.63) is 94.0 Å². The molecule has 6 heteroatoms. The first-order valence-corrected chi connectivity index (χ1v) is 10.8. The summed E-state index contributed by atoms with van der Waals surface area (Å²) in [6.45, 7) is 5.62. The van der Waals surface area contributed by atoms with Crippen LogP contribution in [0.1, 0.15) is 55.3 Å². The van der Waals surface area contributed by atoms with Crippen LogP contribution in [0.2, 0.25) is 0 Å². The fraction of sp³-hybridized carbons (Fsp3) is 0.185. The summed E-state index contributed by atoms with van der Waals surface area (Å²) < 4.78 is 0. The first-order chi connectivity index (χ1) is 15.8. The van der Waals surface area contributed by atoms with Gasteiger partial charge in [0.25, 0.3) is 11.8 Å². The van der Waals surface area contributed by atoms with E-state index < -0.39 is 11.8 Å². The Labute approximate surface area is 191 Å². The smallest absolute Gasteiger partial charge is 0.266 e. The molecular formula is C27H22N2O4. The highest BCUT2D eigenvalue weighted by atomic mass is 16.2. The van der Waals surface area contributed by atoms with Gasteiger partial charge in [-0.3, -0.25) is 24.1 Å². The minimum Gasteiger partial charge on any atom is -0.274 e. The van der Waals surface area contributed by atoms with Crippen LogP contribution in [0.3, 0.4) is 0 Å². The van der Waals surface area contributed by atoms with E-state index in [1.165, 1.54) is 9.80 Å². The van der Waals surface area contributed by atoms with Crippen LogP contribution in [0.25, 0.3) is 0 Å². The molecule has 33 heavy (non-hydrogen) atoms. The molecule has 2 heterocycles. The molecule has 0 aliphatic carbocycles. The molecule has 0 unspecified atom stereocenters. The van der Waals surface area contributed by atoms with Crippen LogP contribution in [-0.2, 0) is 9.59 Å². The molecule has 0 N–H and O–H groups in total. The van der Waals surface area contributed by atoms with E-state index in [4.69, 9.17) is 0 Å². The summed E-state index contributed by atoms with van der Waals surface area (Å²) in [4.78, 5) is 54.6. The van der Waals surface area contributed by atoms with Crippen LogP contribution in [0, 0.1) is 20.8 Å². The summed E-state index contributed by atoms with van der Waals surface area (Å²) in [6, 6.07) is 17.7. The number of carbonyl (C=O) groups is 4. The highest BCUT2D eigenvalue weighted by Gasteiger charge is 2.43. The second-order valence-electron chi connectivity index (χ2n) is 8.70. The molecule has 4 amide bonds. The van der Waals surface area contributed by atoms with Crippen molar-refractivity contribution in [2.45, 2.75) is 33.1 Å². The van der Waals surface area contributed by atoms with Gasteiger partial charge >= 0.3 is 0 Å². The van der Waals surface area contributed by atoms with Gasteiger partial charge in [0, 0.05) is 6.42 Å². The minimum atomic E-state index is -0.695. The van der Waals surface area contributed by atoms with Gasteiger partial charge in [-0.25, -0.2) is 4.90 Å². The molecule has 2 aliphatic rings. The third-order valence-corrected chi connectivity index (χ3v) is 6.34. The number of rotatable bonds is 3. The lowest BCUT2D eigenvalue weighted by Gasteiger charge is -2.16. The molecule has 1 saturated heterocycles. The van der Waals surface area contributed by atoms with Crippen molar-refractivity contribution in [1.82, 2.24) is 0 Å². The molecule has 2 aliphatic heterocycles. The summed E-state index contributed by atoms with van der Waals surface area (Å²) in [7, 11) is 0. The first kappa shape index (κ1) is 20.8. The number of benzene rings is 3. The van der Waals surface area contributed by atoms with Crippen molar-refractivity contribution >= 4 is 35.0 Å². The maximum absolute atomic E-state index is 13.2. The lowest BCUT2D eigenvalue weighted by atomic mass is 9.91. The van der Waals surface area contributed by atoms with Crippen LogP contribution < -0.4 is 9.80 Å². The van der Waals surface area contributed by atoms with E-state index in [0.29, 0.717) is 28.1 Å². The van der Waals surface area contributed by atoms with E-state index in [2.05, 4.69) is 0 Å². The second-order valence-corrected chi connectivity index (χ2v) is 8.70. The number of hydrogen-bond donors (Lipinski definition) is 0. The van der Waals surface area contributed by atoms with Gasteiger partial charge in [-0.15, -0.1) is 0 Å². The van der Waals surface area contributed by atoms with E-state index in [0.717, 1.165) is 11.1 Å². The summed E-state index contributed by atoms with van der Waals surface area (Å²) in [5.41, 5.74) is 4.90. The van der Waals surface area contributed by atoms with E-state index in [1.54, 1.807) is 43.3 Å². The van der Waals surface area contributed by atoms with Crippen LogP contribution >= 0.6 is 0 Å². The van der Waals surface area contributed by atoms with Crippen molar-refractivity contribution in [2.24, 2.45) is 0 Å². The normalized spacial score (nSPS) is 17.8. The molecule has 164 valence electrons. The molecule has 0 bridgehead atoms. The Morgan fingerprint density at radius 2 is 1.24 bits per heavy atom. The number of anilines is 2. The van der Waals surface area contributed by atoms with E-state index in [9.17, 15) is 19.2 Å². The monoisotopic (exact) mass is 438 g/mol. The predicted molar refractivity (Wildman–Crippen MR) is 125 cm³/mol. The molecule has 1 fully saturated rings. The maximum atomic E-state index is 13.2. The first-order valence-electron chi connectivity index (χ1n) is 10.8. The molecular weight excluding hydrogens is 416 g/mol. The topological polar surface area (TPSA) is 74.8 Å². The summed E-state index contributed by atoms with van der Waals surface area (Å²) in [5.74, 6) is -2.10. The Kier molecular flexibility index (Phi) is 4.74. The number of aryl methyl sites for hydroxylation is 3. The molecule has 0 aromatic heterocycles. The molecule has 3 aromatic rings. The predicted octanol–water partition coefficient (Wildman–Crippen LogP) is 4.46. The van der Waals surface area contributed by atoms with Gasteiger partial charge in [0.05, 0.1) is 28.4 Å². The van der Waals surface area contributed by atoms with Crippen molar-refractivity contribution in [3.63, 3.8) is 0 Å². The molecule has 1 atom stereocenters. The van der Waals surface area contributed by atoms with Crippen LogP contribution in [0.15, 0.2) is 60.7 Å². The van der Waals surface area contributed by atoms with Crippen molar-refractivity contribution in [1.29, 1.82) is 0 Å². The maximum Gasteiger partial charge on any atom is 0.266 e. The fourth-order valence-electron chi connectivity index (χ4n) is 4.58. The Hall–Kier alpha value is -4.06. The third-order valence-electron chi connectivity index (χ3n) is 6.34. The van der Waals surface area contributed by atoms with Gasteiger partial charge < -0.3 is 0 Å². The second kappa shape index (κ2) is 7.52. The highest BCUT2D eigenvalue weighted by Crippen LogP contribution is 2.37. The van der Waals surface area contributed by atoms with E-state index in [1.807, 2.05) is 38.1 Å². The Morgan fingerprint density at radius 3 is 1.82 bits per heavy atom. The van der Waals surface area contributed by atoms with Crippen molar-refractivity contribution in [3.8, 4) is 0 Å². The lowest BCUT2D eigenvalue weighted by Crippen LogP contribution is -2.30. The van der Waals surface area contributed by atoms with Gasteiger partial charge in [0.2, 0.25) is 11.8 Å². The van der Waals surface area contributed by atoms with Gasteiger partial charge in [-0.2, -0.15) is 0 Å². The number of fused-ring (bicyclic) bond motifs is 1. The third kappa shape index (κ3) is 3.26. The zero-order chi connectivity index (χ0) is 23.4. The average molecular weight is 438 g/mol. The number of nitrogens with zero attached hydrogens (tertiary/aromatic N) is 2. The van der Waals surface area contributed by atoms with E-state index in [-0.39, 0.29) is 29.7 Å².